The fourth-order valence-corrected chi connectivity index (χ4v) is 1.63. The van der Waals surface area contributed by atoms with Crippen LogP contribution in [0.25, 0.3) is 5.82 Å². The van der Waals surface area contributed by atoms with Crippen LogP contribution in [-0.2, 0) is 0 Å². The molecule has 2 rings (SSSR count). The van der Waals surface area contributed by atoms with Crippen molar-refractivity contribution in [2.24, 2.45) is 0 Å². The lowest BCUT2D eigenvalue weighted by atomic mass is 10.1. The van der Waals surface area contributed by atoms with Crippen LogP contribution in [0.5, 0.6) is 0 Å². The number of aryl methyl sites for hydroxylation is 1. The molecule has 0 saturated heterocycles. The number of hydrogen-bond donors (Lipinski definition) is 0. The average molecular weight is 237 g/mol. The SMILES string of the molecule is Cc1cc(-n2ccc(C(C)C)n2)nc(Cl)n1. The van der Waals surface area contributed by atoms with Gasteiger partial charge in [-0.15, -0.1) is 0 Å². The summed E-state index contributed by atoms with van der Waals surface area (Å²) in [5, 5.41) is 4.68. The highest BCUT2D eigenvalue weighted by Crippen LogP contribution is 2.14. The largest absolute Gasteiger partial charge is 0.224 e. The number of aromatic nitrogens is 4. The zero-order valence-corrected chi connectivity index (χ0v) is 10.2. The highest BCUT2D eigenvalue weighted by atomic mass is 35.5. The fourth-order valence-electron chi connectivity index (χ4n) is 1.41. The summed E-state index contributed by atoms with van der Waals surface area (Å²) in [5.74, 6) is 1.10. The Bertz CT molecular complexity index is 484. The summed E-state index contributed by atoms with van der Waals surface area (Å²) in [6.07, 6.45) is 1.88. The van der Waals surface area contributed by atoms with Crippen molar-refractivity contribution in [2.75, 3.05) is 0 Å². The van der Waals surface area contributed by atoms with Crippen molar-refractivity contribution in [2.45, 2.75) is 26.7 Å². The van der Waals surface area contributed by atoms with Gasteiger partial charge >= 0.3 is 0 Å². The Morgan fingerprint density at radius 2 is 2.06 bits per heavy atom. The van der Waals surface area contributed by atoms with E-state index in [1.54, 1.807) is 4.68 Å². The van der Waals surface area contributed by atoms with Crippen LogP contribution >= 0.6 is 11.6 Å². The molecule has 2 aromatic heterocycles. The molecule has 5 heteroatoms. The minimum Gasteiger partial charge on any atom is -0.223 e. The number of hydrogen-bond acceptors (Lipinski definition) is 3. The van der Waals surface area contributed by atoms with Gasteiger partial charge in [0.05, 0.1) is 5.69 Å². The third-order valence-electron chi connectivity index (χ3n) is 2.25. The highest BCUT2D eigenvalue weighted by Gasteiger charge is 2.07. The van der Waals surface area contributed by atoms with Gasteiger partial charge in [-0.25, -0.2) is 9.67 Å². The van der Waals surface area contributed by atoms with E-state index >= 15 is 0 Å². The molecule has 0 radical (unpaired) electrons. The number of halogens is 1. The van der Waals surface area contributed by atoms with Crippen LogP contribution in [0.4, 0.5) is 0 Å². The van der Waals surface area contributed by atoms with Crippen LogP contribution in [0.15, 0.2) is 18.3 Å². The van der Waals surface area contributed by atoms with Crippen molar-refractivity contribution in [3.63, 3.8) is 0 Å². The van der Waals surface area contributed by atoms with E-state index in [1.165, 1.54) is 0 Å². The first-order valence-corrected chi connectivity index (χ1v) is 5.51. The van der Waals surface area contributed by atoms with Crippen molar-refractivity contribution in [3.8, 4) is 5.82 Å². The Morgan fingerprint density at radius 1 is 1.31 bits per heavy atom. The summed E-state index contributed by atoms with van der Waals surface area (Å²) in [6.45, 7) is 6.08. The average Bonchev–Trinajstić information content (AvgIpc) is 2.64. The van der Waals surface area contributed by atoms with E-state index in [4.69, 9.17) is 11.6 Å². The number of rotatable bonds is 2. The summed E-state index contributed by atoms with van der Waals surface area (Å²) in [5.41, 5.74) is 1.86. The summed E-state index contributed by atoms with van der Waals surface area (Å²) >= 11 is 5.81. The Balaban J connectivity index is 2.42. The maximum absolute atomic E-state index is 5.81. The molecule has 2 aromatic rings. The van der Waals surface area contributed by atoms with Gasteiger partial charge in [0.2, 0.25) is 5.28 Å². The topological polar surface area (TPSA) is 43.6 Å². The lowest BCUT2D eigenvalue weighted by molar-refractivity contribution is 0.754. The van der Waals surface area contributed by atoms with Crippen LogP contribution in [0, 0.1) is 6.92 Å². The quantitative estimate of drug-likeness (QED) is 0.753. The van der Waals surface area contributed by atoms with Crippen molar-refractivity contribution >= 4 is 11.6 Å². The molecule has 2 heterocycles. The molecule has 0 saturated carbocycles. The summed E-state index contributed by atoms with van der Waals surface area (Å²) in [4.78, 5) is 8.15. The predicted molar refractivity (Wildman–Crippen MR) is 63.0 cm³/mol. The Labute approximate surface area is 99.3 Å². The molecule has 0 spiro atoms. The van der Waals surface area contributed by atoms with Crippen molar-refractivity contribution in [3.05, 3.63) is 35.0 Å². The highest BCUT2D eigenvalue weighted by molar-refractivity contribution is 6.28. The minimum atomic E-state index is 0.247. The van der Waals surface area contributed by atoms with Crippen molar-refractivity contribution < 1.29 is 0 Å². The Morgan fingerprint density at radius 3 is 2.62 bits per heavy atom. The molecule has 16 heavy (non-hydrogen) atoms. The van der Waals surface area contributed by atoms with Gasteiger partial charge in [0.25, 0.3) is 0 Å². The molecule has 0 aliphatic heterocycles. The lowest BCUT2D eigenvalue weighted by Crippen LogP contribution is -2.02. The third-order valence-corrected chi connectivity index (χ3v) is 2.42. The molecule has 0 unspecified atom stereocenters. The van der Waals surface area contributed by atoms with Gasteiger partial charge in [-0.3, -0.25) is 0 Å². The van der Waals surface area contributed by atoms with Crippen LogP contribution in [0.1, 0.15) is 31.2 Å². The molecule has 4 nitrogen and oxygen atoms in total. The summed E-state index contributed by atoms with van der Waals surface area (Å²) in [7, 11) is 0. The first-order chi connectivity index (χ1) is 7.56. The zero-order valence-electron chi connectivity index (χ0n) is 9.48. The van der Waals surface area contributed by atoms with Crippen molar-refractivity contribution in [1.82, 2.24) is 19.7 Å². The first kappa shape index (κ1) is 11.1. The van der Waals surface area contributed by atoms with E-state index in [-0.39, 0.29) is 5.28 Å². The van der Waals surface area contributed by atoms with Gasteiger partial charge in [0.15, 0.2) is 5.82 Å². The van der Waals surface area contributed by atoms with E-state index in [1.807, 2.05) is 25.3 Å². The lowest BCUT2D eigenvalue weighted by Gasteiger charge is -2.02. The van der Waals surface area contributed by atoms with Gasteiger partial charge in [-0.2, -0.15) is 10.1 Å². The number of nitrogens with zero attached hydrogens (tertiary/aromatic N) is 4. The molecule has 0 amide bonds. The summed E-state index contributed by atoms with van der Waals surface area (Å²) in [6, 6.07) is 3.83. The molecule has 0 N–H and O–H groups in total. The monoisotopic (exact) mass is 236 g/mol. The van der Waals surface area contributed by atoms with E-state index < -0.39 is 0 Å². The first-order valence-electron chi connectivity index (χ1n) is 5.13. The predicted octanol–water partition coefficient (Wildman–Crippen LogP) is 2.75. The normalized spacial score (nSPS) is 11.1. The molecule has 0 fully saturated rings. The third kappa shape index (κ3) is 2.22. The van der Waals surface area contributed by atoms with Crippen LogP contribution in [0.2, 0.25) is 5.28 Å². The van der Waals surface area contributed by atoms with Gasteiger partial charge in [-0.1, -0.05) is 13.8 Å². The molecule has 0 bridgehead atoms. The molecule has 0 aliphatic rings. The summed E-state index contributed by atoms with van der Waals surface area (Å²) < 4.78 is 1.72. The standard InChI is InChI=1S/C11H13ClN4/c1-7(2)9-4-5-16(15-9)10-6-8(3)13-11(12)14-10/h4-7H,1-3H3. The molecular formula is C11H13ClN4. The van der Waals surface area contributed by atoms with Crippen LogP contribution in [0.3, 0.4) is 0 Å². The fraction of sp³-hybridized carbons (Fsp3) is 0.364. The van der Waals surface area contributed by atoms with Crippen LogP contribution in [-0.4, -0.2) is 19.7 Å². The Hall–Kier alpha value is -1.42. The molecule has 0 atom stereocenters. The van der Waals surface area contributed by atoms with E-state index in [0.717, 1.165) is 11.4 Å². The maximum Gasteiger partial charge on any atom is 0.224 e. The molecular weight excluding hydrogens is 224 g/mol. The van der Waals surface area contributed by atoms with E-state index in [0.29, 0.717) is 11.7 Å². The van der Waals surface area contributed by atoms with Gasteiger partial charge < -0.3 is 0 Å². The molecule has 0 aromatic carbocycles. The van der Waals surface area contributed by atoms with Gasteiger partial charge in [0, 0.05) is 18.0 Å². The van der Waals surface area contributed by atoms with Crippen molar-refractivity contribution in [1.29, 1.82) is 0 Å². The minimum absolute atomic E-state index is 0.247. The second-order valence-electron chi connectivity index (χ2n) is 3.98. The Kier molecular flexibility index (Phi) is 2.92. The van der Waals surface area contributed by atoms with Gasteiger partial charge in [-0.05, 0) is 30.5 Å². The van der Waals surface area contributed by atoms with E-state index in [2.05, 4.69) is 28.9 Å². The van der Waals surface area contributed by atoms with Gasteiger partial charge in [0.1, 0.15) is 0 Å². The second kappa shape index (κ2) is 4.22. The molecule has 0 aliphatic carbocycles. The zero-order chi connectivity index (χ0) is 11.7. The van der Waals surface area contributed by atoms with Crippen LogP contribution < -0.4 is 0 Å². The molecule has 84 valence electrons. The smallest absolute Gasteiger partial charge is 0.223 e. The van der Waals surface area contributed by atoms with E-state index in [9.17, 15) is 0 Å². The second-order valence-corrected chi connectivity index (χ2v) is 4.31. The maximum atomic E-state index is 5.81.